The number of aromatic nitrogens is 2. The molecule has 3 aliphatic rings. The van der Waals surface area contributed by atoms with E-state index >= 15 is 0 Å². The predicted octanol–water partition coefficient (Wildman–Crippen LogP) is 8.81. The van der Waals surface area contributed by atoms with Gasteiger partial charge in [0.15, 0.2) is 0 Å². The normalized spacial score (nSPS) is 25.6. The van der Waals surface area contributed by atoms with Crippen LogP contribution in [-0.2, 0) is 11.3 Å². The molecule has 1 N–H and O–H groups in total. The minimum absolute atomic E-state index is 0.127. The van der Waals surface area contributed by atoms with E-state index in [2.05, 4.69) is 22.1 Å². The van der Waals surface area contributed by atoms with Gasteiger partial charge in [-0.1, -0.05) is 42.7 Å². The number of hydrogen-bond acceptors (Lipinski definition) is 7. The molecule has 0 saturated heterocycles. The number of fused-ring (bicyclic) bond motifs is 1. The topological polar surface area (TPSA) is 97.8 Å². The second-order valence-corrected chi connectivity index (χ2v) is 13.2. The first-order chi connectivity index (χ1) is 20.2. The molecular weight excluding hydrogens is 567 g/mol. The van der Waals surface area contributed by atoms with Crippen molar-refractivity contribution in [3.8, 4) is 0 Å². The summed E-state index contributed by atoms with van der Waals surface area (Å²) in [6, 6.07) is 4.81. The fourth-order valence-electron chi connectivity index (χ4n) is 6.49. The third kappa shape index (κ3) is 6.41. The number of rotatable bonds is 11. The van der Waals surface area contributed by atoms with Gasteiger partial charge in [0.1, 0.15) is 5.76 Å². The average Bonchev–Trinajstić information content (AvgIpc) is 3.58. The molecule has 42 heavy (non-hydrogen) atoms. The van der Waals surface area contributed by atoms with Crippen LogP contribution < -0.4 is 0 Å². The van der Waals surface area contributed by atoms with Crippen molar-refractivity contribution < 1.29 is 32.3 Å². The zero-order valence-electron chi connectivity index (χ0n) is 23.6. The molecule has 3 aromatic rings. The fraction of sp³-hybridized carbons (Fsp3) is 0.613. The number of aromatic carboxylic acids is 1. The Kier molecular flexibility index (Phi) is 8.42. The molecule has 3 aliphatic carbocycles. The van der Waals surface area contributed by atoms with E-state index in [9.17, 15) is 23.1 Å². The number of halogens is 3. The largest absolute Gasteiger partial charge is 0.478 e. The van der Waals surface area contributed by atoms with Gasteiger partial charge < -0.3 is 14.4 Å². The number of nitrogens with zero attached hydrogens (tertiary/aromatic N) is 3. The molecular formula is C31H36F3N3O4S. The van der Waals surface area contributed by atoms with Gasteiger partial charge >= 0.3 is 12.1 Å². The number of thiazole rings is 1. The van der Waals surface area contributed by atoms with Gasteiger partial charge in [-0.2, -0.15) is 13.2 Å². The summed E-state index contributed by atoms with van der Waals surface area (Å²) in [4.78, 5) is 20.4. The summed E-state index contributed by atoms with van der Waals surface area (Å²) in [5.74, 6) is -1.01. The Morgan fingerprint density at radius 3 is 2.71 bits per heavy atom. The van der Waals surface area contributed by atoms with E-state index in [4.69, 9.17) is 9.26 Å². The molecule has 0 bridgehead atoms. The Bertz CT molecular complexity index is 1450. The van der Waals surface area contributed by atoms with E-state index in [1.54, 1.807) is 18.3 Å². The van der Waals surface area contributed by atoms with Crippen LogP contribution >= 0.6 is 11.3 Å². The number of ether oxygens (including phenoxy) is 1. The standard InChI is InChI=1S/C31H36F3N3O4S/c1-17-6-7-19(17)14-21(12-13-35-30-36-25-11-10-20(29(38)39)15-26(25)42-30)40-16-23-27(37-41-28(23)18-8-9-18)22-4-2-3-5-24(22)31(32,33)34/h10-11,13,15,17-19,21-22,24H,2-9,12,14,16H2,1H3,(H,38,39)/b35-13+/t17?,19-,21-,22?,24?/m1/s1. The average molecular weight is 604 g/mol. The van der Waals surface area contributed by atoms with Crippen LogP contribution in [0.15, 0.2) is 27.7 Å². The Balaban J connectivity index is 1.19. The molecule has 3 fully saturated rings. The van der Waals surface area contributed by atoms with E-state index in [1.165, 1.54) is 23.8 Å². The van der Waals surface area contributed by atoms with Gasteiger partial charge in [0.2, 0.25) is 5.13 Å². The lowest BCUT2D eigenvalue weighted by atomic mass is 9.72. The SMILES string of the molecule is CC1CC[C@@H]1C[C@@H](C/C=N/c1nc2ccc(C(=O)O)cc2s1)OCc1c(C2CCCCC2C(F)(F)F)noc1C1CC1. The zero-order valence-corrected chi connectivity index (χ0v) is 24.4. The second-order valence-electron chi connectivity index (χ2n) is 12.2. The van der Waals surface area contributed by atoms with Gasteiger partial charge in [0.25, 0.3) is 0 Å². The monoisotopic (exact) mass is 603 g/mol. The Labute approximate surface area is 246 Å². The quantitative estimate of drug-likeness (QED) is 0.220. The smallest absolute Gasteiger partial charge is 0.392 e. The van der Waals surface area contributed by atoms with Crippen molar-refractivity contribution in [2.24, 2.45) is 22.7 Å². The fourth-order valence-corrected chi connectivity index (χ4v) is 7.37. The molecule has 2 heterocycles. The van der Waals surface area contributed by atoms with E-state index in [0.29, 0.717) is 53.2 Å². The molecule has 5 atom stereocenters. The first-order valence-corrected chi connectivity index (χ1v) is 15.8. The number of carboxylic acids is 1. The van der Waals surface area contributed by atoms with Crippen molar-refractivity contribution in [1.82, 2.24) is 10.1 Å². The third-order valence-corrected chi connectivity index (χ3v) is 10.3. The van der Waals surface area contributed by atoms with E-state index in [1.807, 2.05) is 0 Å². The Morgan fingerprint density at radius 1 is 1.21 bits per heavy atom. The lowest BCUT2D eigenvalue weighted by Crippen LogP contribution is -2.32. The summed E-state index contributed by atoms with van der Waals surface area (Å²) in [6.07, 6.45) is 4.93. The van der Waals surface area contributed by atoms with Crippen molar-refractivity contribution >= 4 is 38.9 Å². The molecule has 11 heteroatoms. The molecule has 7 nitrogen and oxygen atoms in total. The second kappa shape index (κ2) is 12.1. The van der Waals surface area contributed by atoms with E-state index in [-0.39, 0.29) is 30.6 Å². The summed E-state index contributed by atoms with van der Waals surface area (Å²) in [5, 5.41) is 14.1. The van der Waals surface area contributed by atoms with Crippen molar-refractivity contribution in [3.05, 3.63) is 40.8 Å². The van der Waals surface area contributed by atoms with Gasteiger partial charge in [0.05, 0.1) is 40.1 Å². The number of carbonyl (C=O) groups is 1. The van der Waals surface area contributed by atoms with Crippen LogP contribution in [0.1, 0.15) is 110 Å². The van der Waals surface area contributed by atoms with E-state index in [0.717, 1.165) is 42.4 Å². The molecule has 2 aromatic heterocycles. The van der Waals surface area contributed by atoms with Crippen molar-refractivity contribution in [3.63, 3.8) is 0 Å². The predicted molar refractivity (Wildman–Crippen MR) is 154 cm³/mol. The zero-order chi connectivity index (χ0) is 29.4. The van der Waals surface area contributed by atoms with Crippen molar-refractivity contribution in [2.45, 2.75) is 102 Å². The van der Waals surface area contributed by atoms with Crippen LogP contribution in [-0.4, -0.2) is 39.7 Å². The van der Waals surface area contributed by atoms with Crippen LogP contribution in [0.25, 0.3) is 10.2 Å². The summed E-state index contributed by atoms with van der Waals surface area (Å²) >= 11 is 1.33. The summed E-state index contributed by atoms with van der Waals surface area (Å²) in [5.41, 5.74) is 2.07. The molecule has 6 rings (SSSR count). The van der Waals surface area contributed by atoms with Crippen LogP contribution in [0.3, 0.4) is 0 Å². The maximum atomic E-state index is 14.0. The molecule has 226 valence electrons. The molecule has 0 radical (unpaired) electrons. The number of alkyl halides is 3. The van der Waals surface area contributed by atoms with Crippen LogP contribution in [0, 0.1) is 17.8 Å². The number of carboxylic acid groups (broad SMARTS) is 1. The Hall–Kier alpha value is -2.79. The highest BCUT2D eigenvalue weighted by Gasteiger charge is 2.48. The maximum absolute atomic E-state index is 14.0. The van der Waals surface area contributed by atoms with Gasteiger partial charge in [-0.3, -0.25) is 0 Å². The third-order valence-electron chi connectivity index (χ3n) is 9.36. The van der Waals surface area contributed by atoms with Gasteiger partial charge in [-0.05, 0) is 68.6 Å². The van der Waals surface area contributed by atoms with E-state index < -0.39 is 24.0 Å². The molecule has 0 amide bonds. The van der Waals surface area contributed by atoms with Gasteiger partial charge in [0, 0.05) is 30.0 Å². The number of aliphatic imine (C=N–C) groups is 1. The summed E-state index contributed by atoms with van der Waals surface area (Å²) in [6.45, 7) is 2.43. The highest BCUT2D eigenvalue weighted by molar-refractivity contribution is 7.22. The first-order valence-electron chi connectivity index (χ1n) is 15.0. The number of benzene rings is 1. The minimum Gasteiger partial charge on any atom is -0.478 e. The highest BCUT2D eigenvalue weighted by atomic mass is 32.1. The molecule has 0 aliphatic heterocycles. The number of hydrogen-bond donors (Lipinski definition) is 1. The molecule has 3 unspecified atom stereocenters. The minimum atomic E-state index is -4.27. The van der Waals surface area contributed by atoms with Gasteiger partial charge in [-0.25, -0.2) is 14.8 Å². The van der Waals surface area contributed by atoms with Crippen LogP contribution in [0.2, 0.25) is 0 Å². The highest BCUT2D eigenvalue weighted by Crippen LogP contribution is 2.50. The summed E-state index contributed by atoms with van der Waals surface area (Å²) in [7, 11) is 0. The molecule has 1 aromatic carbocycles. The van der Waals surface area contributed by atoms with Crippen LogP contribution in [0.4, 0.5) is 18.3 Å². The molecule has 3 saturated carbocycles. The van der Waals surface area contributed by atoms with Gasteiger partial charge in [-0.15, -0.1) is 0 Å². The summed E-state index contributed by atoms with van der Waals surface area (Å²) < 4.78 is 55.0. The first kappa shape index (κ1) is 29.3. The lowest BCUT2D eigenvalue weighted by Gasteiger charge is -2.36. The molecule has 0 spiro atoms. The van der Waals surface area contributed by atoms with Crippen molar-refractivity contribution in [2.75, 3.05) is 0 Å². The van der Waals surface area contributed by atoms with Crippen molar-refractivity contribution in [1.29, 1.82) is 0 Å². The van der Waals surface area contributed by atoms with Crippen LogP contribution in [0.5, 0.6) is 0 Å². The maximum Gasteiger partial charge on any atom is 0.392 e. The lowest BCUT2D eigenvalue weighted by molar-refractivity contribution is -0.187. The Morgan fingerprint density at radius 2 is 2.02 bits per heavy atom.